The van der Waals surface area contributed by atoms with Gasteiger partial charge in [0.15, 0.2) is 0 Å². The summed E-state index contributed by atoms with van der Waals surface area (Å²) in [5.41, 5.74) is -0.0962. The molecule has 2 atom stereocenters. The van der Waals surface area contributed by atoms with Crippen LogP contribution in [0.25, 0.3) is 0 Å². The van der Waals surface area contributed by atoms with Gasteiger partial charge in [-0.1, -0.05) is 20.8 Å². The summed E-state index contributed by atoms with van der Waals surface area (Å²) in [6.45, 7) is 13.8. The molecule has 0 saturated carbocycles. The minimum absolute atomic E-state index is 0.0962. The van der Waals surface area contributed by atoms with E-state index in [0.29, 0.717) is 0 Å². The molecule has 1 rings (SSSR count). The maximum absolute atomic E-state index is 9.52. The molecule has 0 aromatic rings. The van der Waals surface area contributed by atoms with E-state index in [2.05, 4.69) is 37.9 Å². The lowest BCUT2D eigenvalue weighted by atomic mass is 9.89. The number of hydrogen-bond donors (Lipinski definition) is 2. The Labute approximate surface area is 126 Å². The highest BCUT2D eigenvalue weighted by Crippen LogP contribution is 2.24. The van der Waals surface area contributed by atoms with E-state index in [9.17, 15) is 5.11 Å². The normalized spacial score (nSPS) is 24.6. The van der Waals surface area contributed by atoms with Crippen molar-refractivity contribution in [3.05, 3.63) is 0 Å². The van der Waals surface area contributed by atoms with Crippen LogP contribution in [-0.2, 0) is 0 Å². The molecule has 1 saturated heterocycles. The van der Waals surface area contributed by atoms with Crippen molar-refractivity contribution >= 4 is 0 Å². The summed E-state index contributed by atoms with van der Waals surface area (Å²) >= 11 is 0. The fourth-order valence-corrected chi connectivity index (χ4v) is 3.41. The zero-order valence-corrected chi connectivity index (χ0v) is 14.1. The van der Waals surface area contributed by atoms with Crippen molar-refractivity contribution < 1.29 is 5.11 Å². The average molecular weight is 284 g/mol. The predicted octanol–water partition coefficient (Wildman–Crippen LogP) is 2.89. The first kappa shape index (κ1) is 17.9. The second-order valence-corrected chi connectivity index (χ2v) is 7.13. The number of rotatable bonds is 8. The molecule has 0 radical (unpaired) electrons. The lowest BCUT2D eigenvalue weighted by Gasteiger charge is -2.29. The summed E-state index contributed by atoms with van der Waals surface area (Å²) in [6, 6.07) is 0. The number of hydrogen-bond acceptors (Lipinski definition) is 3. The van der Waals surface area contributed by atoms with E-state index in [1.165, 1.54) is 45.3 Å². The number of aliphatic hydroxyl groups is 1. The summed E-state index contributed by atoms with van der Waals surface area (Å²) in [7, 11) is 0. The number of likely N-dealkylation sites (tertiary alicyclic amines) is 1. The van der Waals surface area contributed by atoms with Gasteiger partial charge in [-0.05, 0) is 77.0 Å². The van der Waals surface area contributed by atoms with Crippen molar-refractivity contribution in [3.63, 3.8) is 0 Å². The van der Waals surface area contributed by atoms with Crippen molar-refractivity contribution in [2.24, 2.45) is 11.8 Å². The Morgan fingerprint density at radius 3 is 2.65 bits per heavy atom. The first-order valence-corrected chi connectivity index (χ1v) is 8.59. The zero-order valence-electron chi connectivity index (χ0n) is 14.1. The lowest BCUT2D eigenvalue weighted by molar-refractivity contribution is 0.158. The molecule has 0 spiro atoms. The minimum atomic E-state index is -0.0962. The standard InChI is InChI=1S/C17H36N2O/c1-5-18-17(4,14-20)10-7-12-19-11-6-8-16(9-13-19)15(2)3/h15-16,18,20H,5-14H2,1-4H3. The number of likely N-dealkylation sites (N-methyl/N-ethyl adjacent to an activating group) is 1. The molecule has 1 aliphatic rings. The average Bonchev–Trinajstić information content (AvgIpc) is 2.65. The van der Waals surface area contributed by atoms with Crippen molar-refractivity contribution in [1.82, 2.24) is 10.2 Å². The quantitative estimate of drug-likeness (QED) is 0.719. The largest absolute Gasteiger partial charge is 0.394 e. The molecule has 1 aliphatic heterocycles. The van der Waals surface area contributed by atoms with E-state index < -0.39 is 0 Å². The Bertz CT molecular complexity index is 257. The fraction of sp³-hybridized carbons (Fsp3) is 1.00. The van der Waals surface area contributed by atoms with E-state index in [1.807, 2.05) is 0 Å². The van der Waals surface area contributed by atoms with Gasteiger partial charge in [0.25, 0.3) is 0 Å². The van der Waals surface area contributed by atoms with E-state index in [4.69, 9.17) is 0 Å². The summed E-state index contributed by atoms with van der Waals surface area (Å²) in [5.74, 6) is 1.76. The SMILES string of the molecule is CCNC(C)(CO)CCCN1CCCC(C(C)C)CC1. The van der Waals surface area contributed by atoms with Crippen LogP contribution in [0.1, 0.15) is 59.8 Å². The van der Waals surface area contributed by atoms with Gasteiger partial charge in [0.2, 0.25) is 0 Å². The first-order valence-electron chi connectivity index (χ1n) is 8.59. The highest BCUT2D eigenvalue weighted by molar-refractivity contribution is 4.82. The number of aliphatic hydroxyl groups excluding tert-OH is 1. The molecule has 20 heavy (non-hydrogen) atoms. The van der Waals surface area contributed by atoms with Gasteiger partial charge in [-0.3, -0.25) is 0 Å². The Morgan fingerprint density at radius 2 is 2.05 bits per heavy atom. The molecule has 0 aromatic heterocycles. The molecule has 3 heteroatoms. The monoisotopic (exact) mass is 284 g/mol. The molecule has 0 aromatic carbocycles. The van der Waals surface area contributed by atoms with Crippen molar-refractivity contribution in [2.45, 2.75) is 65.3 Å². The van der Waals surface area contributed by atoms with Crippen molar-refractivity contribution in [2.75, 3.05) is 32.8 Å². The Kier molecular flexibility index (Phi) is 8.08. The van der Waals surface area contributed by atoms with E-state index in [-0.39, 0.29) is 12.1 Å². The highest BCUT2D eigenvalue weighted by atomic mass is 16.3. The zero-order chi connectivity index (χ0) is 15.0. The second kappa shape index (κ2) is 9.01. The fourth-order valence-electron chi connectivity index (χ4n) is 3.41. The topological polar surface area (TPSA) is 35.5 Å². The van der Waals surface area contributed by atoms with Gasteiger partial charge in [0, 0.05) is 5.54 Å². The Morgan fingerprint density at radius 1 is 1.30 bits per heavy atom. The third-order valence-corrected chi connectivity index (χ3v) is 4.96. The van der Waals surface area contributed by atoms with Crippen LogP contribution in [0.4, 0.5) is 0 Å². The maximum atomic E-state index is 9.52. The predicted molar refractivity (Wildman–Crippen MR) is 87.0 cm³/mol. The molecule has 0 aliphatic carbocycles. The lowest BCUT2D eigenvalue weighted by Crippen LogP contribution is -2.46. The summed E-state index contributed by atoms with van der Waals surface area (Å²) < 4.78 is 0. The van der Waals surface area contributed by atoms with Gasteiger partial charge < -0.3 is 15.3 Å². The number of nitrogens with zero attached hydrogens (tertiary/aromatic N) is 1. The molecule has 0 amide bonds. The summed E-state index contributed by atoms with van der Waals surface area (Å²) in [4.78, 5) is 2.63. The van der Waals surface area contributed by atoms with Crippen LogP contribution in [0.2, 0.25) is 0 Å². The smallest absolute Gasteiger partial charge is 0.0610 e. The molecule has 1 heterocycles. The van der Waals surface area contributed by atoms with E-state index in [0.717, 1.165) is 24.8 Å². The van der Waals surface area contributed by atoms with Crippen LogP contribution in [0, 0.1) is 11.8 Å². The number of nitrogens with one attached hydrogen (secondary N) is 1. The van der Waals surface area contributed by atoms with Crippen LogP contribution in [0.3, 0.4) is 0 Å². The Balaban J connectivity index is 2.28. The van der Waals surface area contributed by atoms with Gasteiger partial charge in [-0.15, -0.1) is 0 Å². The second-order valence-electron chi connectivity index (χ2n) is 7.13. The van der Waals surface area contributed by atoms with Gasteiger partial charge in [0.05, 0.1) is 6.61 Å². The molecule has 2 N–H and O–H groups in total. The third kappa shape index (κ3) is 6.11. The van der Waals surface area contributed by atoms with Crippen LogP contribution in [-0.4, -0.2) is 48.3 Å². The molecular formula is C17H36N2O. The first-order chi connectivity index (χ1) is 9.50. The van der Waals surface area contributed by atoms with Crippen LogP contribution < -0.4 is 5.32 Å². The van der Waals surface area contributed by atoms with Gasteiger partial charge in [-0.2, -0.15) is 0 Å². The van der Waals surface area contributed by atoms with Crippen molar-refractivity contribution in [1.29, 1.82) is 0 Å². The van der Waals surface area contributed by atoms with Crippen LogP contribution >= 0.6 is 0 Å². The van der Waals surface area contributed by atoms with Crippen molar-refractivity contribution in [3.8, 4) is 0 Å². The minimum Gasteiger partial charge on any atom is -0.394 e. The van der Waals surface area contributed by atoms with Crippen LogP contribution in [0.5, 0.6) is 0 Å². The molecular weight excluding hydrogens is 248 g/mol. The van der Waals surface area contributed by atoms with Crippen LogP contribution in [0.15, 0.2) is 0 Å². The molecule has 0 bridgehead atoms. The molecule has 1 fully saturated rings. The van der Waals surface area contributed by atoms with E-state index >= 15 is 0 Å². The molecule has 3 nitrogen and oxygen atoms in total. The third-order valence-electron chi connectivity index (χ3n) is 4.96. The molecule has 2 unspecified atom stereocenters. The van der Waals surface area contributed by atoms with Gasteiger partial charge in [-0.25, -0.2) is 0 Å². The molecule has 120 valence electrons. The van der Waals surface area contributed by atoms with Gasteiger partial charge >= 0.3 is 0 Å². The maximum Gasteiger partial charge on any atom is 0.0610 e. The summed E-state index contributed by atoms with van der Waals surface area (Å²) in [6.07, 6.45) is 6.35. The summed E-state index contributed by atoms with van der Waals surface area (Å²) in [5, 5.41) is 12.9. The van der Waals surface area contributed by atoms with E-state index in [1.54, 1.807) is 0 Å². The highest BCUT2D eigenvalue weighted by Gasteiger charge is 2.23. The van der Waals surface area contributed by atoms with Gasteiger partial charge in [0.1, 0.15) is 0 Å². The Hall–Kier alpha value is -0.120.